The maximum absolute atomic E-state index is 12.5. The van der Waals surface area contributed by atoms with E-state index in [0.717, 1.165) is 38.0 Å². The molecule has 1 N–H and O–H groups in total. The van der Waals surface area contributed by atoms with Crippen LogP contribution in [0, 0.1) is 5.92 Å². The highest BCUT2D eigenvalue weighted by molar-refractivity contribution is 5.87. The highest BCUT2D eigenvalue weighted by atomic mass is 16.1. The fourth-order valence-corrected chi connectivity index (χ4v) is 2.69. The van der Waals surface area contributed by atoms with Gasteiger partial charge in [-0.3, -0.25) is 9.78 Å². The molecule has 1 aliphatic rings. The van der Waals surface area contributed by atoms with Gasteiger partial charge in [0.25, 0.3) is 0 Å². The third-order valence-electron chi connectivity index (χ3n) is 3.72. The number of nitrogens with zero attached hydrogens (tertiary/aromatic N) is 1. The molecule has 2 atom stereocenters. The fourth-order valence-electron chi connectivity index (χ4n) is 2.69. The number of aromatic nitrogens is 1. The molecule has 0 aromatic carbocycles. The first-order valence-electron chi connectivity index (χ1n) is 6.92. The Morgan fingerprint density at radius 1 is 1.61 bits per heavy atom. The number of rotatable bonds is 5. The van der Waals surface area contributed by atoms with Crippen LogP contribution in [0.3, 0.4) is 0 Å². The number of aryl methyl sites for hydroxylation is 1. The van der Waals surface area contributed by atoms with Gasteiger partial charge in [0.2, 0.25) is 0 Å². The Morgan fingerprint density at radius 2 is 2.44 bits per heavy atom. The zero-order valence-electron chi connectivity index (χ0n) is 11.3. The molecule has 0 amide bonds. The minimum atomic E-state index is 0.0172. The molecule has 98 valence electrons. The van der Waals surface area contributed by atoms with Gasteiger partial charge in [-0.25, -0.2) is 0 Å². The number of ketones is 1. The average Bonchev–Trinajstić information content (AvgIpc) is 2.43. The predicted octanol–water partition coefficient (Wildman–Crippen LogP) is 2.32. The van der Waals surface area contributed by atoms with Crippen molar-refractivity contribution in [3.8, 4) is 0 Å². The number of carbonyl (C=O) groups excluding carboxylic acids is 1. The van der Waals surface area contributed by atoms with Gasteiger partial charge in [0, 0.05) is 18.7 Å². The largest absolute Gasteiger partial charge is 0.316 e. The zero-order valence-corrected chi connectivity index (χ0v) is 11.3. The smallest absolute Gasteiger partial charge is 0.145 e. The first kappa shape index (κ1) is 13.2. The first-order valence-corrected chi connectivity index (χ1v) is 6.92. The van der Waals surface area contributed by atoms with Gasteiger partial charge in [-0.15, -0.1) is 0 Å². The normalized spacial score (nSPS) is 20.2. The quantitative estimate of drug-likeness (QED) is 0.867. The van der Waals surface area contributed by atoms with Crippen molar-refractivity contribution in [2.45, 2.75) is 39.0 Å². The molecular weight excluding hydrogens is 224 g/mol. The molecule has 0 aliphatic heterocycles. The third kappa shape index (κ3) is 2.78. The number of hydrogen-bond donors (Lipinski definition) is 1. The Hall–Kier alpha value is -1.22. The topological polar surface area (TPSA) is 42.0 Å². The van der Waals surface area contributed by atoms with Gasteiger partial charge in [-0.1, -0.05) is 19.9 Å². The Balaban J connectivity index is 2.12. The maximum atomic E-state index is 12.5. The number of hydrogen-bond acceptors (Lipinski definition) is 3. The van der Waals surface area contributed by atoms with Crippen LogP contribution in [0.25, 0.3) is 0 Å². The molecule has 18 heavy (non-hydrogen) atoms. The van der Waals surface area contributed by atoms with Crippen LogP contribution in [0.5, 0.6) is 0 Å². The maximum Gasteiger partial charge on any atom is 0.145 e. The lowest BCUT2D eigenvalue weighted by atomic mass is 9.80. The van der Waals surface area contributed by atoms with Crippen LogP contribution in [0.15, 0.2) is 18.3 Å². The van der Waals surface area contributed by atoms with Crippen LogP contribution in [-0.2, 0) is 11.2 Å². The summed E-state index contributed by atoms with van der Waals surface area (Å²) in [5, 5.41) is 3.25. The van der Waals surface area contributed by atoms with E-state index in [1.54, 1.807) is 6.20 Å². The fraction of sp³-hybridized carbons (Fsp3) is 0.600. The van der Waals surface area contributed by atoms with E-state index in [2.05, 4.69) is 23.3 Å². The second-order valence-corrected chi connectivity index (χ2v) is 5.10. The van der Waals surface area contributed by atoms with E-state index in [0.29, 0.717) is 5.78 Å². The summed E-state index contributed by atoms with van der Waals surface area (Å²) in [6.07, 6.45) is 4.93. The van der Waals surface area contributed by atoms with Gasteiger partial charge < -0.3 is 5.32 Å². The molecular formula is C15H22N2O. The molecule has 3 nitrogen and oxygen atoms in total. The molecule has 1 aliphatic carbocycles. The van der Waals surface area contributed by atoms with Gasteiger partial charge in [-0.2, -0.15) is 0 Å². The molecule has 1 aromatic rings. The molecule has 1 aromatic heterocycles. The van der Waals surface area contributed by atoms with E-state index in [1.807, 2.05) is 13.0 Å². The Morgan fingerprint density at radius 3 is 3.22 bits per heavy atom. The van der Waals surface area contributed by atoms with Crippen LogP contribution >= 0.6 is 0 Å². The number of pyridine rings is 1. The first-order chi connectivity index (χ1) is 8.74. The number of Topliss-reactive ketones (excluding diaryl/α,β-unsaturated/α-hetero) is 1. The summed E-state index contributed by atoms with van der Waals surface area (Å²) in [4.78, 5) is 16.9. The van der Waals surface area contributed by atoms with E-state index < -0.39 is 0 Å². The van der Waals surface area contributed by atoms with Crippen molar-refractivity contribution in [3.63, 3.8) is 0 Å². The summed E-state index contributed by atoms with van der Waals surface area (Å²) >= 11 is 0. The van der Waals surface area contributed by atoms with Crippen LogP contribution in [-0.4, -0.2) is 23.9 Å². The molecule has 0 saturated carbocycles. The summed E-state index contributed by atoms with van der Waals surface area (Å²) < 4.78 is 0. The van der Waals surface area contributed by atoms with Crippen LogP contribution in [0.2, 0.25) is 0 Å². The van der Waals surface area contributed by atoms with Gasteiger partial charge >= 0.3 is 0 Å². The number of nitrogens with one attached hydrogen (secondary N) is 1. The third-order valence-corrected chi connectivity index (χ3v) is 3.72. The second-order valence-electron chi connectivity index (χ2n) is 5.10. The summed E-state index contributed by atoms with van der Waals surface area (Å²) in [6, 6.07) is 4.07. The van der Waals surface area contributed by atoms with Gasteiger partial charge in [0.1, 0.15) is 5.78 Å². The van der Waals surface area contributed by atoms with Gasteiger partial charge in [0.15, 0.2) is 0 Å². The summed E-state index contributed by atoms with van der Waals surface area (Å²) in [5.41, 5.74) is 2.29. The Kier molecular flexibility index (Phi) is 4.48. The van der Waals surface area contributed by atoms with Gasteiger partial charge in [-0.05, 0) is 37.4 Å². The van der Waals surface area contributed by atoms with Crippen molar-refractivity contribution in [2.24, 2.45) is 5.92 Å². The summed E-state index contributed by atoms with van der Waals surface area (Å²) in [6.45, 7) is 5.77. The molecule has 0 bridgehead atoms. The Bertz CT molecular complexity index is 417. The standard InChI is InChI=1S/C15H22N2O/c1-3-16-10-11(2)15(18)13-8-4-6-12-7-5-9-17-14(12)13/h5,7,9,11,13,16H,3-4,6,8,10H2,1-2H3. The SMILES string of the molecule is CCNCC(C)C(=O)C1CCCc2cccnc21. The van der Waals surface area contributed by atoms with E-state index >= 15 is 0 Å². The van der Waals surface area contributed by atoms with E-state index in [4.69, 9.17) is 0 Å². The average molecular weight is 246 g/mol. The van der Waals surface area contributed by atoms with Crippen molar-refractivity contribution in [3.05, 3.63) is 29.6 Å². The van der Waals surface area contributed by atoms with E-state index in [1.165, 1.54) is 5.56 Å². The minimum absolute atomic E-state index is 0.0172. The Labute approximate surface area is 109 Å². The van der Waals surface area contributed by atoms with Crippen molar-refractivity contribution in [2.75, 3.05) is 13.1 Å². The lowest BCUT2D eigenvalue weighted by molar-refractivity contribution is -0.124. The number of carbonyl (C=O) groups is 1. The molecule has 0 fully saturated rings. The molecule has 3 heteroatoms. The molecule has 2 rings (SSSR count). The van der Waals surface area contributed by atoms with Crippen molar-refractivity contribution in [1.82, 2.24) is 10.3 Å². The lowest BCUT2D eigenvalue weighted by Crippen LogP contribution is -2.31. The molecule has 0 spiro atoms. The zero-order chi connectivity index (χ0) is 13.0. The van der Waals surface area contributed by atoms with Crippen LogP contribution in [0.1, 0.15) is 43.9 Å². The molecule has 1 heterocycles. The summed E-state index contributed by atoms with van der Waals surface area (Å²) in [7, 11) is 0. The predicted molar refractivity (Wildman–Crippen MR) is 72.6 cm³/mol. The lowest BCUT2D eigenvalue weighted by Gasteiger charge is -2.25. The highest BCUT2D eigenvalue weighted by Gasteiger charge is 2.30. The number of fused-ring (bicyclic) bond motifs is 1. The monoisotopic (exact) mass is 246 g/mol. The highest BCUT2D eigenvalue weighted by Crippen LogP contribution is 2.32. The van der Waals surface area contributed by atoms with Crippen molar-refractivity contribution >= 4 is 5.78 Å². The molecule has 0 saturated heterocycles. The molecule has 2 unspecified atom stereocenters. The van der Waals surface area contributed by atoms with Crippen molar-refractivity contribution < 1.29 is 4.79 Å². The van der Waals surface area contributed by atoms with Crippen LogP contribution in [0.4, 0.5) is 0 Å². The summed E-state index contributed by atoms with van der Waals surface area (Å²) in [5.74, 6) is 0.433. The van der Waals surface area contributed by atoms with E-state index in [9.17, 15) is 4.79 Å². The van der Waals surface area contributed by atoms with Gasteiger partial charge in [0.05, 0.1) is 11.6 Å². The van der Waals surface area contributed by atoms with Crippen LogP contribution < -0.4 is 5.32 Å². The van der Waals surface area contributed by atoms with Crippen molar-refractivity contribution in [1.29, 1.82) is 0 Å². The van der Waals surface area contributed by atoms with E-state index in [-0.39, 0.29) is 11.8 Å². The second kappa shape index (κ2) is 6.10. The minimum Gasteiger partial charge on any atom is -0.316 e. The molecule has 0 radical (unpaired) electrons.